The Hall–Kier alpha value is -2.30. The summed E-state index contributed by atoms with van der Waals surface area (Å²) in [4.78, 5) is 4.17. The minimum absolute atomic E-state index is 0.223. The van der Waals surface area contributed by atoms with E-state index >= 15 is 0 Å². The van der Waals surface area contributed by atoms with Gasteiger partial charge in [-0.25, -0.2) is 9.37 Å². The van der Waals surface area contributed by atoms with Crippen LogP contribution >= 0.6 is 0 Å². The molecule has 0 amide bonds. The number of hydrogen-bond donors (Lipinski definition) is 1. The molecule has 0 saturated heterocycles. The number of benzene rings is 1. The van der Waals surface area contributed by atoms with Crippen LogP contribution in [-0.4, -0.2) is 18.7 Å². The van der Waals surface area contributed by atoms with Gasteiger partial charge in [0, 0.05) is 17.8 Å². The summed E-state index contributed by atoms with van der Waals surface area (Å²) < 4.78 is 24.5. The lowest BCUT2D eigenvalue weighted by Gasteiger charge is -2.18. The number of nitrogens with zero attached hydrogens (tertiary/aromatic N) is 1. The van der Waals surface area contributed by atoms with E-state index in [1.807, 2.05) is 26.0 Å². The molecule has 2 rings (SSSR count). The van der Waals surface area contributed by atoms with Gasteiger partial charge in [0.05, 0.1) is 25.4 Å². The quantitative estimate of drug-likeness (QED) is 0.878. The van der Waals surface area contributed by atoms with Gasteiger partial charge in [0.25, 0.3) is 0 Å². The van der Waals surface area contributed by atoms with E-state index in [0.717, 1.165) is 5.69 Å². The van der Waals surface area contributed by atoms with E-state index in [9.17, 15) is 4.39 Å². The van der Waals surface area contributed by atoms with Crippen molar-refractivity contribution < 1.29 is 13.9 Å². The molecule has 1 N–H and O–H groups in total. The molecule has 0 saturated carbocycles. The van der Waals surface area contributed by atoms with Gasteiger partial charge >= 0.3 is 0 Å². The number of halogens is 1. The summed E-state index contributed by atoms with van der Waals surface area (Å²) in [5.41, 5.74) is 1.30. The first-order valence-electron chi connectivity index (χ1n) is 6.83. The first kappa shape index (κ1) is 15.1. The zero-order valence-corrected chi connectivity index (χ0v) is 12.4. The molecule has 0 aliphatic carbocycles. The molecule has 0 aliphatic heterocycles. The van der Waals surface area contributed by atoms with Gasteiger partial charge < -0.3 is 14.8 Å². The van der Waals surface area contributed by atoms with Gasteiger partial charge in [0.15, 0.2) is 0 Å². The van der Waals surface area contributed by atoms with E-state index in [1.165, 1.54) is 13.2 Å². The molecule has 0 aliphatic rings. The maximum absolute atomic E-state index is 14.1. The monoisotopic (exact) mass is 290 g/mol. The number of nitrogens with one attached hydrogen (secondary N) is 1. The van der Waals surface area contributed by atoms with E-state index in [-0.39, 0.29) is 11.9 Å². The van der Waals surface area contributed by atoms with E-state index < -0.39 is 0 Å². The molecule has 0 radical (unpaired) electrons. The Morgan fingerprint density at radius 2 is 2.14 bits per heavy atom. The molecule has 5 heteroatoms. The van der Waals surface area contributed by atoms with Crippen LogP contribution in [-0.2, 0) is 0 Å². The lowest BCUT2D eigenvalue weighted by molar-refractivity contribution is 0.328. The minimum atomic E-state index is -0.309. The summed E-state index contributed by atoms with van der Waals surface area (Å²) in [6.45, 7) is 4.30. The second-order valence-corrected chi connectivity index (χ2v) is 4.54. The van der Waals surface area contributed by atoms with Gasteiger partial charge in [-0.05, 0) is 32.0 Å². The summed E-state index contributed by atoms with van der Waals surface area (Å²) in [6.07, 6.45) is 1.66. The highest BCUT2D eigenvalue weighted by Gasteiger charge is 2.14. The fraction of sp³-hybridized carbons (Fsp3) is 0.312. The number of pyridine rings is 1. The van der Waals surface area contributed by atoms with Crippen LogP contribution in [0.4, 0.5) is 10.1 Å². The molecule has 1 heterocycles. The second kappa shape index (κ2) is 6.92. The molecule has 1 atom stereocenters. The van der Waals surface area contributed by atoms with Crippen LogP contribution in [0.3, 0.4) is 0 Å². The number of rotatable bonds is 6. The van der Waals surface area contributed by atoms with Gasteiger partial charge in [0.1, 0.15) is 11.6 Å². The number of aromatic nitrogens is 1. The highest BCUT2D eigenvalue weighted by atomic mass is 19.1. The average Bonchev–Trinajstić information content (AvgIpc) is 2.49. The molecule has 112 valence electrons. The summed E-state index contributed by atoms with van der Waals surface area (Å²) >= 11 is 0. The van der Waals surface area contributed by atoms with Crippen LogP contribution in [0.5, 0.6) is 11.6 Å². The fourth-order valence-corrected chi connectivity index (χ4v) is 2.05. The molecule has 21 heavy (non-hydrogen) atoms. The maximum atomic E-state index is 14.1. The lowest BCUT2D eigenvalue weighted by atomic mass is 10.1. The van der Waals surface area contributed by atoms with Gasteiger partial charge in [-0.3, -0.25) is 0 Å². The van der Waals surface area contributed by atoms with Crippen LogP contribution in [0.25, 0.3) is 0 Å². The van der Waals surface area contributed by atoms with Crippen molar-refractivity contribution >= 4 is 5.69 Å². The summed E-state index contributed by atoms with van der Waals surface area (Å²) in [5, 5.41) is 3.22. The summed E-state index contributed by atoms with van der Waals surface area (Å²) in [6, 6.07) is 8.27. The molecule has 0 fully saturated rings. The Kier molecular flexibility index (Phi) is 4.98. The molecular formula is C16H19FN2O2. The number of hydrogen-bond acceptors (Lipinski definition) is 4. The van der Waals surface area contributed by atoms with Crippen molar-refractivity contribution in [3.05, 3.63) is 47.9 Å². The summed E-state index contributed by atoms with van der Waals surface area (Å²) in [5.74, 6) is 0.705. The average molecular weight is 290 g/mol. The van der Waals surface area contributed by atoms with Crippen LogP contribution < -0.4 is 14.8 Å². The van der Waals surface area contributed by atoms with E-state index in [2.05, 4.69) is 10.3 Å². The number of ether oxygens (including phenoxy) is 2. The number of anilines is 1. The van der Waals surface area contributed by atoms with Gasteiger partial charge in [-0.2, -0.15) is 0 Å². The molecule has 0 spiro atoms. The van der Waals surface area contributed by atoms with E-state index in [0.29, 0.717) is 23.8 Å². The molecule has 0 bridgehead atoms. The van der Waals surface area contributed by atoms with Crippen LogP contribution in [0.1, 0.15) is 25.5 Å². The maximum Gasteiger partial charge on any atom is 0.237 e. The van der Waals surface area contributed by atoms with Crippen molar-refractivity contribution in [1.82, 2.24) is 4.98 Å². The third-order valence-corrected chi connectivity index (χ3v) is 3.10. The van der Waals surface area contributed by atoms with Crippen molar-refractivity contribution in [1.29, 1.82) is 0 Å². The van der Waals surface area contributed by atoms with E-state index in [4.69, 9.17) is 9.47 Å². The van der Waals surface area contributed by atoms with Gasteiger partial charge in [-0.15, -0.1) is 0 Å². The first-order valence-corrected chi connectivity index (χ1v) is 6.83. The van der Waals surface area contributed by atoms with Crippen LogP contribution in [0, 0.1) is 5.82 Å². The van der Waals surface area contributed by atoms with Crippen molar-refractivity contribution in [2.75, 3.05) is 19.0 Å². The summed E-state index contributed by atoms with van der Waals surface area (Å²) in [7, 11) is 1.51. The van der Waals surface area contributed by atoms with Crippen LogP contribution in [0.2, 0.25) is 0 Å². The highest BCUT2D eigenvalue weighted by molar-refractivity contribution is 5.53. The largest absolute Gasteiger partial charge is 0.497 e. The molecule has 1 aromatic carbocycles. The van der Waals surface area contributed by atoms with E-state index in [1.54, 1.807) is 18.3 Å². The SMILES string of the molecule is CCOc1ncccc1NC(C)c1ccc(OC)cc1F. The highest BCUT2D eigenvalue weighted by Crippen LogP contribution is 2.28. The Morgan fingerprint density at radius 3 is 2.81 bits per heavy atom. The molecular weight excluding hydrogens is 271 g/mol. The normalized spacial score (nSPS) is 11.8. The van der Waals surface area contributed by atoms with Crippen molar-refractivity contribution in [2.45, 2.75) is 19.9 Å². The standard InChI is InChI=1S/C16H19FN2O2/c1-4-21-16-15(6-5-9-18-16)19-11(2)13-8-7-12(20-3)10-14(13)17/h5-11,19H,4H2,1-3H3. The molecule has 2 aromatic rings. The molecule has 4 nitrogen and oxygen atoms in total. The minimum Gasteiger partial charge on any atom is -0.497 e. The predicted molar refractivity (Wildman–Crippen MR) is 80.4 cm³/mol. The third kappa shape index (κ3) is 3.62. The Labute approximate surface area is 123 Å². The fourth-order valence-electron chi connectivity index (χ4n) is 2.05. The van der Waals surface area contributed by atoms with Crippen molar-refractivity contribution in [2.24, 2.45) is 0 Å². The lowest BCUT2D eigenvalue weighted by Crippen LogP contribution is -2.10. The van der Waals surface area contributed by atoms with Gasteiger partial charge in [0.2, 0.25) is 5.88 Å². The number of methoxy groups -OCH3 is 1. The molecule has 1 unspecified atom stereocenters. The Bertz CT molecular complexity index is 605. The first-order chi connectivity index (χ1) is 10.2. The molecule has 1 aromatic heterocycles. The third-order valence-electron chi connectivity index (χ3n) is 3.10. The van der Waals surface area contributed by atoms with Crippen molar-refractivity contribution in [3.8, 4) is 11.6 Å². The zero-order valence-electron chi connectivity index (χ0n) is 12.4. The zero-order chi connectivity index (χ0) is 15.2. The smallest absolute Gasteiger partial charge is 0.237 e. The Balaban J connectivity index is 2.20. The Morgan fingerprint density at radius 1 is 1.33 bits per heavy atom. The topological polar surface area (TPSA) is 43.4 Å². The van der Waals surface area contributed by atoms with Gasteiger partial charge in [-0.1, -0.05) is 6.07 Å². The van der Waals surface area contributed by atoms with Crippen LogP contribution in [0.15, 0.2) is 36.5 Å². The predicted octanol–water partition coefficient (Wildman–Crippen LogP) is 3.80. The van der Waals surface area contributed by atoms with Crippen molar-refractivity contribution in [3.63, 3.8) is 0 Å². The second-order valence-electron chi connectivity index (χ2n) is 4.54.